The Labute approximate surface area is 109 Å². The van der Waals surface area contributed by atoms with Crippen LogP contribution in [-0.4, -0.2) is 16.1 Å². The second kappa shape index (κ2) is 6.03. The Balaban J connectivity index is 2.81. The molecule has 1 aromatic heterocycles. The van der Waals surface area contributed by atoms with Crippen LogP contribution in [-0.2, 0) is 6.54 Å². The maximum Gasteiger partial charge on any atom is 0.293 e. The molecule has 0 radical (unpaired) electrons. The van der Waals surface area contributed by atoms with Crippen molar-refractivity contribution in [1.29, 1.82) is 0 Å². The van der Waals surface area contributed by atoms with Crippen molar-refractivity contribution in [3.05, 3.63) is 22.7 Å². The number of aromatic nitrogens is 2. The summed E-state index contributed by atoms with van der Waals surface area (Å²) in [6, 6.07) is 0. The standard InChI is InChI=1S/C14H25N3O/c1-6-14(4,5)10-16-12-13(18)17(8-7-15-12)9-11(2)3/h7-8,11H,6,9-10H2,1-5H3,(H,15,16). The zero-order chi connectivity index (χ0) is 13.8. The fourth-order valence-corrected chi connectivity index (χ4v) is 1.55. The van der Waals surface area contributed by atoms with Gasteiger partial charge in [-0.15, -0.1) is 0 Å². The average Bonchev–Trinajstić information content (AvgIpc) is 2.30. The lowest BCUT2D eigenvalue weighted by molar-refractivity contribution is 0.376. The van der Waals surface area contributed by atoms with Gasteiger partial charge in [-0.1, -0.05) is 34.6 Å². The Morgan fingerprint density at radius 2 is 2.11 bits per heavy atom. The van der Waals surface area contributed by atoms with Crippen molar-refractivity contribution >= 4 is 5.82 Å². The largest absolute Gasteiger partial charge is 0.365 e. The molecule has 0 aliphatic carbocycles. The molecule has 0 spiro atoms. The third kappa shape index (κ3) is 4.17. The van der Waals surface area contributed by atoms with Gasteiger partial charge in [-0.2, -0.15) is 0 Å². The van der Waals surface area contributed by atoms with Gasteiger partial charge in [-0.25, -0.2) is 4.98 Å². The zero-order valence-corrected chi connectivity index (χ0v) is 12.2. The van der Waals surface area contributed by atoms with Crippen molar-refractivity contribution < 1.29 is 0 Å². The highest BCUT2D eigenvalue weighted by Crippen LogP contribution is 2.19. The summed E-state index contributed by atoms with van der Waals surface area (Å²) in [6.07, 6.45) is 4.50. The molecule has 1 N–H and O–H groups in total. The zero-order valence-electron chi connectivity index (χ0n) is 12.2. The Kier molecular flexibility index (Phi) is 4.93. The van der Waals surface area contributed by atoms with E-state index in [1.807, 2.05) is 0 Å². The molecule has 102 valence electrons. The number of nitrogens with zero attached hydrogens (tertiary/aromatic N) is 2. The monoisotopic (exact) mass is 251 g/mol. The number of hydrogen-bond donors (Lipinski definition) is 1. The minimum absolute atomic E-state index is 0.0295. The summed E-state index contributed by atoms with van der Waals surface area (Å²) < 4.78 is 1.72. The Morgan fingerprint density at radius 1 is 1.44 bits per heavy atom. The Bertz CT molecular complexity index is 435. The molecular weight excluding hydrogens is 226 g/mol. The van der Waals surface area contributed by atoms with Crippen LogP contribution in [0.3, 0.4) is 0 Å². The van der Waals surface area contributed by atoms with Crippen molar-refractivity contribution in [3.8, 4) is 0 Å². The molecule has 0 saturated heterocycles. The van der Waals surface area contributed by atoms with Crippen LogP contribution < -0.4 is 10.9 Å². The fraction of sp³-hybridized carbons (Fsp3) is 0.714. The number of nitrogens with one attached hydrogen (secondary N) is 1. The number of anilines is 1. The van der Waals surface area contributed by atoms with Crippen molar-refractivity contribution in [3.63, 3.8) is 0 Å². The summed E-state index contributed by atoms with van der Waals surface area (Å²) in [7, 11) is 0. The number of rotatable bonds is 6. The molecule has 4 heteroatoms. The van der Waals surface area contributed by atoms with Crippen LogP contribution in [0.25, 0.3) is 0 Å². The van der Waals surface area contributed by atoms with Crippen molar-refractivity contribution in [2.75, 3.05) is 11.9 Å². The van der Waals surface area contributed by atoms with Crippen LogP contribution in [0.1, 0.15) is 41.0 Å². The van der Waals surface area contributed by atoms with E-state index in [4.69, 9.17) is 0 Å². The molecule has 0 aliphatic heterocycles. The van der Waals surface area contributed by atoms with Gasteiger partial charge in [0.25, 0.3) is 5.56 Å². The van der Waals surface area contributed by atoms with E-state index in [0.717, 1.165) is 19.5 Å². The molecule has 0 aromatic carbocycles. The molecule has 0 fully saturated rings. The van der Waals surface area contributed by atoms with Crippen LogP contribution in [0.2, 0.25) is 0 Å². The highest BCUT2D eigenvalue weighted by Gasteiger charge is 2.16. The molecule has 4 nitrogen and oxygen atoms in total. The molecule has 0 bridgehead atoms. The van der Waals surface area contributed by atoms with Crippen LogP contribution in [0, 0.1) is 11.3 Å². The molecule has 1 aromatic rings. The molecule has 0 saturated carbocycles. The summed E-state index contributed by atoms with van der Waals surface area (Å²) in [5.74, 6) is 0.907. The molecule has 18 heavy (non-hydrogen) atoms. The van der Waals surface area contributed by atoms with Gasteiger partial charge in [0, 0.05) is 25.5 Å². The third-order valence-electron chi connectivity index (χ3n) is 3.17. The van der Waals surface area contributed by atoms with E-state index in [2.05, 4.69) is 44.9 Å². The van der Waals surface area contributed by atoms with Gasteiger partial charge in [0.15, 0.2) is 5.82 Å². The molecule has 1 heterocycles. The van der Waals surface area contributed by atoms with E-state index in [-0.39, 0.29) is 11.0 Å². The van der Waals surface area contributed by atoms with Crippen molar-refractivity contribution in [2.24, 2.45) is 11.3 Å². The third-order valence-corrected chi connectivity index (χ3v) is 3.17. The first-order valence-corrected chi connectivity index (χ1v) is 6.65. The Hall–Kier alpha value is -1.32. The maximum absolute atomic E-state index is 12.1. The van der Waals surface area contributed by atoms with Gasteiger partial charge < -0.3 is 9.88 Å². The smallest absolute Gasteiger partial charge is 0.293 e. The molecule has 0 aliphatic rings. The minimum atomic E-state index is -0.0295. The van der Waals surface area contributed by atoms with Gasteiger partial charge in [0.1, 0.15) is 0 Å². The summed E-state index contributed by atoms with van der Waals surface area (Å²) >= 11 is 0. The van der Waals surface area contributed by atoms with Gasteiger partial charge >= 0.3 is 0 Å². The molecule has 0 amide bonds. The van der Waals surface area contributed by atoms with Crippen LogP contribution >= 0.6 is 0 Å². The lowest BCUT2D eigenvalue weighted by atomic mass is 9.90. The average molecular weight is 251 g/mol. The predicted molar refractivity (Wildman–Crippen MR) is 75.9 cm³/mol. The van der Waals surface area contributed by atoms with E-state index >= 15 is 0 Å². The van der Waals surface area contributed by atoms with Gasteiger partial charge in [-0.3, -0.25) is 4.79 Å². The SMILES string of the molecule is CCC(C)(C)CNc1nccn(CC(C)C)c1=O. The van der Waals surface area contributed by atoms with Gasteiger partial charge in [-0.05, 0) is 17.8 Å². The van der Waals surface area contributed by atoms with E-state index in [0.29, 0.717) is 11.7 Å². The van der Waals surface area contributed by atoms with Gasteiger partial charge in [0.05, 0.1) is 0 Å². The van der Waals surface area contributed by atoms with E-state index < -0.39 is 0 Å². The first kappa shape index (κ1) is 14.7. The van der Waals surface area contributed by atoms with Crippen molar-refractivity contribution in [2.45, 2.75) is 47.6 Å². The summed E-state index contributed by atoms with van der Waals surface area (Å²) in [6.45, 7) is 12.2. The first-order valence-electron chi connectivity index (χ1n) is 6.65. The first-order chi connectivity index (χ1) is 8.35. The molecule has 1 rings (SSSR count). The molecule has 0 unspecified atom stereocenters. The number of hydrogen-bond acceptors (Lipinski definition) is 3. The highest BCUT2D eigenvalue weighted by molar-refractivity contribution is 5.31. The second-order valence-electron chi connectivity index (χ2n) is 6.00. The van der Waals surface area contributed by atoms with Gasteiger partial charge in [0.2, 0.25) is 0 Å². The lowest BCUT2D eigenvalue weighted by Crippen LogP contribution is -2.29. The topological polar surface area (TPSA) is 46.9 Å². The Morgan fingerprint density at radius 3 is 2.67 bits per heavy atom. The summed E-state index contributed by atoms with van der Waals surface area (Å²) in [5.41, 5.74) is 0.144. The fourth-order valence-electron chi connectivity index (χ4n) is 1.55. The normalized spacial score (nSPS) is 11.9. The quantitative estimate of drug-likeness (QED) is 0.845. The summed E-state index contributed by atoms with van der Waals surface area (Å²) in [4.78, 5) is 16.3. The van der Waals surface area contributed by atoms with E-state index in [9.17, 15) is 4.79 Å². The van der Waals surface area contributed by atoms with Crippen LogP contribution in [0.15, 0.2) is 17.2 Å². The molecular formula is C14H25N3O. The van der Waals surface area contributed by atoms with Crippen LogP contribution in [0.5, 0.6) is 0 Å². The van der Waals surface area contributed by atoms with E-state index in [1.54, 1.807) is 17.0 Å². The van der Waals surface area contributed by atoms with E-state index in [1.165, 1.54) is 0 Å². The molecule has 0 atom stereocenters. The van der Waals surface area contributed by atoms with Crippen LogP contribution in [0.4, 0.5) is 5.82 Å². The maximum atomic E-state index is 12.1. The second-order valence-corrected chi connectivity index (χ2v) is 6.00. The highest BCUT2D eigenvalue weighted by atomic mass is 16.1. The minimum Gasteiger partial charge on any atom is -0.365 e. The lowest BCUT2D eigenvalue weighted by Gasteiger charge is -2.23. The predicted octanol–water partition coefficient (Wildman–Crippen LogP) is 2.75. The van der Waals surface area contributed by atoms with Crippen molar-refractivity contribution in [1.82, 2.24) is 9.55 Å². The summed E-state index contributed by atoms with van der Waals surface area (Å²) in [5, 5.41) is 3.17.